The maximum absolute atomic E-state index is 0. The Balaban J connectivity index is 0. The minimum atomic E-state index is 0. The Morgan fingerprint density at radius 2 is 0.600 bits per heavy atom. The summed E-state index contributed by atoms with van der Waals surface area (Å²) in [5, 5.41) is 0. The van der Waals surface area contributed by atoms with Crippen LogP contribution in [-0.2, 0) is 0 Å². The van der Waals surface area contributed by atoms with Gasteiger partial charge in [0, 0.05) is 0 Å². The van der Waals surface area contributed by atoms with Crippen molar-refractivity contribution in [3.63, 3.8) is 0 Å². The Hall–Kier alpha value is 3.42. The van der Waals surface area contributed by atoms with Gasteiger partial charge in [-0.15, -0.1) is 12.4 Å². The molecule has 0 aliphatic heterocycles. The van der Waals surface area contributed by atoms with E-state index in [0.717, 1.165) is 0 Å². The first kappa shape index (κ1) is 39.6. The minimum Gasteiger partial charge on any atom is -1.00 e. The third-order valence-electron chi connectivity index (χ3n) is 0. The van der Waals surface area contributed by atoms with Gasteiger partial charge in [-0.25, -0.2) is 0 Å². The fraction of sp³-hybridized carbons (Fsp3) is 0. The van der Waals surface area contributed by atoms with Crippen LogP contribution in [0.3, 0.4) is 0 Å². The van der Waals surface area contributed by atoms with Crippen molar-refractivity contribution in [3.8, 4) is 0 Å². The van der Waals surface area contributed by atoms with Crippen LogP contribution in [0.25, 0.3) is 0 Å². The molecule has 0 saturated carbocycles. The molecule has 0 saturated heterocycles. The van der Waals surface area contributed by atoms with Crippen LogP contribution in [0.1, 0.15) is 0 Å². The zero-order valence-electron chi connectivity index (χ0n) is 3.16. The molecule has 0 nitrogen and oxygen atoms in total. The van der Waals surface area contributed by atoms with E-state index in [1.807, 2.05) is 0 Å². The van der Waals surface area contributed by atoms with Crippen LogP contribution in [0.5, 0.6) is 0 Å². The Morgan fingerprint density at radius 1 is 0.600 bits per heavy atom. The molecule has 0 aromatic heterocycles. The van der Waals surface area contributed by atoms with Crippen LogP contribution in [0, 0.1) is 0 Å². The quantitative estimate of drug-likeness (QED) is 0.303. The van der Waals surface area contributed by atoms with E-state index in [-0.39, 0.29) is 125 Å². The van der Waals surface area contributed by atoms with Crippen LogP contribution >= 0.6 is 12.4 Å². The minimum absolute atomic E-state index is 0. The van der Waals surface area contributed by atoms with E-state index in [1.165, 1.54) is 0 Å². The van der Waals surface area contributed by atoms with Gasteiger partial charge < -0.3 is 9.41 Å². The molecular formula is HClF2K2. The summed E-state index contributed by atoms with van der Waals surface area (Å²) in [6.45, 7) is 0. The third-order valence-corrected chi connectivity index (χ3v) is 0. The number of hydrogen-bond acceptors (Lipinski definition) is 0. The van der Waals surface area contributed by atoms with Gasteiger partial charge in [-0.2, -0.15) is 0 Å². The van der Waals surface area contributed by atoms with Crippen molar-refractivity contribution >= 4 is 12.4 Å². The molecule has 5 heteroatoms. The van der Waals surface area contributed by atoms with E-state index in [9.17, 15) is 0 Å². The summed E-state index contributed by atoms with van der Waals surface area (Å²) in [6, 6.07) is 0. The topological polar surface area (TPSA) is 0 Å². The molecule has 0 aromatic carbocycles. The van der Waals surface area contributed by atoms with Crippen molar-refractivity contribution < 1.29 is 112 Å². The molecule has 0 aliphatic rings. The predicted molar refractivity (Wildman–Crippen MR) is 7.25 cm³/mol. The summed E-state index contributed by atoms with van der Waals surface area (Å²) >= 11 is 0. The molecule has 0 amide bonds. The summed E-state index contributed by atoms with van der Waals surface area (Å²) in [6.07, 6.45) is 0. The number of hydrogen-bond donors (Lipinski definition) is 0. The molecule has 24 valence electrons. The zero-order valence-corrected chi connectivity index (χ0v) is 10.2. The molecule has 0 atom stereocenters. The molecule has 0 heterocycles. The average molecular weight is 153 g/mol. The molecule has 0 aromatic rings. The first-order valence-corrected chi connectivity index (χ1v) is 0. The zero-order chi connectivity index (χ0) is 0. The summed E-state index contributed by atoms with van der Waals surface area (Å²) in [4.78, 5) is 0. The predicted octanol–water partition coefficient (Wildman–Crippen LogP) is -11.6. The van der Waals surface area contributed by atoms with E-state index in [4.69, 9.17) is 0 Å². The van der Waals surface area contributed by atoms with Crippen molar-refractivity contribution in [1.29, 1.82) is 0 Å². The van der Waals surface area contributed by atoms with Gasteiger partial charge in [-0.05, 0) is 0 Å². The van der Waals surface area contributed by atoms with Crippen LogP contribution in [0.2, 0.25) is 0 Å². The van der Waals surface area contributed by atoms with Crippen LogP contribution in [-0.4, -0.2) is 0 Å². The number of rotatable bonds is 0. The van der Waals surface area contributed by atoms with E-state index in [2.05, 4.69) is 0 Å². The van der Waals surface area contributed by atoms with E-state index in [1.54, 1.807) is 0 Å². The van der Waals surface area contributed by atoms with Crippen molar-refractivity contribution in [3.05, 3.63) is 0 Å². The second-order valence-electron chi connectivity index (χ2n) is 0. The first-order chi connectivity index (χ1) is 0. The second-order valence-corrected chi connectivity index (χ2v) is 0. The summed E-state index contributed by atoms with van der Waals surface area (Å²) in [5.41, 5.74) is 0. The van der Waals surface area contributed by atoms with E-state index < -0.39 is 0 Å². The fourth-order valence-electron chi connectivity index (χ4n) is 0. The molecule has 0 fully saturated rings. The molecular weight excluding hydrogens is 152 g/mol. The molecule has 5 heavy (non-hydrogen) atoms. The average Bonchev–Trinajstić information content (AvgIpc) is 0. The van der Waals surface area contributed by atoms with Crippen molar-refractivity contribution in [2.75, 3.05) is 0 Å². The first-order valence-electron chi connectivity index (χ1n) is 0. The monoisotopic (exact) mass is 152 g/mol. The van der Waals surface area contributed by atoms with E-state index in [0.29, 0.717) is 0 Å². The number of halogens is 3. The molecule has 0 spiro atoms. The Kier molecular flexibility index (Phi) is 207. The van der Waals surface area contributed by atoms with Gasteiger partial charge in [-0.3, -0.25) is 0 Å². The fourth-order valence-corrected chi connectivity index (χ4v) is 0. The Morgan fingerprint density at radius 3 is 0.600 bits per heavy atom. The summed E-state index contributed by atoms with van der Waals surface area (Å²) in [5.74, 6) is 0. The largest absolute Gasteiger partial charge is 1.00 e. The molecule has 0 rings (SSSR count). The normalized spacial score (nSPS) is 0. The van der Waals surface area contributed by atoms with Gasteiger partial charge in [0.15, 0.2) is 0 Å². The molecule has 0 bridgehead atoms. The molecule has 0 aliphatic carbocycles. The van der Waals surface area contributed by atoms with Gasteiger partial charge in [0.1, 0.15) is 0 Å². The van der Waals surface area contributed by atoms with Crippen LogP contribution < -0.4 is 112 Å². The standard InChI is InChI=1S/ClH.2FH.2K/h3*1H;;/q;;;2*+1/p-2. The molecule has 0 N–H and O–H groups in total. The molecule has 0 radical (unpaired) electrons. The van der Waals surface area contributed by atoms with Crippen molar-refractivity contribution in [2.24, 2.45) is 0 Å². The van der Waals surface area contributed by atoms with Crippen LogP contribution in [0.15, 0.2) is 0 Å². The molecule has 0 unspecified atom stereocenters. The maximum Gasteiger partial charge on any atom is 1.00 e. The van der Waals surface area contributed by atoms with Gasteiger partial charge in [0.2, 0.25) is 0 Å². The van der Waals surface area contributed by atoms with Gasteiger partial charge in [-0.1, -0.05) is 0 Å². The van der Waals surface area contributed by atoms with Gasteiger partial charge in [0.05, 0.1) is 0 Å². The van der Waals surface area contributed by atoms with Crippen molar-refractivity contribution in [1.82, 2.24) is 0 Å². The van der Waals surface area contributed by atoms with Crippen molar-refractivity contribution in [2.45, 2.75) is 0 Å². The van der Waals surface area contributed by atoms with Crippen LogP contribution in [0.4, 0.5) is 0 Å². The SMILES string of the molecule is Cl.[F-].[F-].[K+].[K+]. The Bertz CT molecular complexity index is 7.61. The second kappa shape index (κ2) is 26.1. The third kappa shape index (κ3) is 18.6. The van der Waals surface area contributed by atoms with Gasteiger partial charge >= 0.3 is 103 Å². The summed E-state index contributed by atoms with van der Waals surface area (Å²) < 4.78 is 0. The summed E-state index contributed by atoms with van der Waals surface area (Å²) in [7, 11) is 0. The van der Waals surface area contributed by atoms with E-state index >= 15 is 0 Å². The smallest absolute Gasteiger partial charge is 1.00 e. The maximum atomic E-state index is 0. The van der Waals surface area contributed by atoms with Gasteiger partial charge in [0.25, 0.3) is 0 Å². The Labute approximate surface area is 121 Å².